The fraction of sp³-hybridized carbons (Fsp3) is 0.500. The van der Waals surface area contributed by atoms with Crippen molar-refractivity contribution in [2.45, 2.75) is 6.92 Å². The van der Waals surface area contributed by atoms with E-state index in [1.165, 1.54) is 24.9 Å². The predicted octanol–water partition coefficient (Wildman–Crippen LogP) is 0.801. The Balaban J connectivity index is 3.74. The molecule has 0 amide bonds. The summed E-state index contributed by atoms with van der Waals surface area (Å²) in [7, 11) is 4.06. The third-order valence-electron chi connectivity index (χ3n) is 0.648. The molecule has 0 atom stereocenters. The van der Waals surface area contributed by atoms with Crippen LogP contribution in [0.3, 0.4) is 0 Å². The third-order valence-corrected chi connectivity index (χ3v) is 1.98. The fourth-order valence-corrected chi connectivity index (χ4v) is 0.656. The molecule has 0 unspecified atom stereocenters. The second-order valence-corrected chi connectivity index (χ2v) is 2.80. The second kappa shape index (κ2) is 4.03. The quantitative estimate of drug-likeness (QED) is 0.723. The zero-order chi connectivity index (χ0) is 6.57. The maximum absolute atomic E-state index is 2.17. The first-order chi connectivity index (χ1) is 3.66. The average molecular weight is 281 g/mol. The van der Waals surface area contributed by atoms with Gasteiger partial charge in [0.15, 0.2) is 0 Å². The molecule has 0 bridgehead atoms. The molecule has 8 heavy (non-hydrogen) atoms. The number of allylic oxidation sites excluding steroid dienone is 1. The summed E-state index contributed by atoms with van der Waals surface area (Å²) < 4.78 is 2.17. The summed E-state index contributed by atoms with van der Waals surface area (Å²) in [6.07, 6.45) is 2.10. The monoisotopic (exact) mass is 281 g/mol. The Morgan fingerprint density at radius 2 is 2.00 bits per heavy atom. The Morgan fingerprint density at radius 3 is 2.12 bits per heavy atom. The summed E-state index contributed by atoms with van der Waals surface area (Å²) in [6, 6.07) is 0. The number of rotatable bonds is 2. The minimum atomic E-state index is 1.34. The van der Waals surface area contributed by atoms with Crippen molar-refractivity contribution in [3.8, 4) is 0 Å². The number of hydrogen-bond donors (Lipinski definition) is 0. The third kappa shape index (κ3) is 4.26. The Kier molecular flexibility index (Phi) is 4.07. The first-order valence-corrected chi connectivity index (χ1v) is 4.16. The van der Waals surface area contributed by atoms with E-state index < -0.39 is 0 Å². The fourth-order valence-electron chi connectivity index (χ4n) is 0.438. The minimum absolute atomic E-state index is 1.34. The second-order valence-electron chi connectivity index (χ2n) is 1.95. The topological polar surface area (TPSA) is 3.24 Å². The zero-order valence-corrected chi connectivity index (χ0v) is 8.44. The molecule has 0 rings (SSSR count). The SMILES string of the molecule is CC([CH]=[W])=CN(C)C. The summed E-state index contributed by atoms with van der Waals surface area (Å²) in [6.45, 7) is 2.10. The van der Waals surface area contributed by atoms with E-state index in [-0.39, 0.29) is 0 Å². The molecular formula is C6H11NW. The van der Waals surface area contributed by atoms with Crippen LogP contribution in [0.1, 0.15) is 6.92 Å². The Hall–Kier alpha value is 0.0983. The summed E-state index contributed by atoms with van der Waals surface area (Å²) in [5, 5.41) is 0. The number of nitrogens with zero attached hydrogens (tertiary/aromatic N) is 1. The van der Waals surface area contributed by atoms with Crippen LogP contribution in [-0.4, -0.2) is 23.4 Å². The molecule has 0 aromatic heterocycles. The standard InChI is InChI=1S/C6H11N.W/c1-6(2)5-7(3)4;/h1,5H,2-4H3;. The van der Waals surface area contributed by atoms with Crippen LogP contribution in [0.25, 0.3) is 0 Å². The van der Waals surface area contributed by atoms with E-state index in [0.717, 1.165) is 0 Å². The van der Waals surface area contributed by atoms with Gasteiger partial charge in [0, 0.05) is 0 Å². The summed E-state index contributed by atoms with van der Waals surface area (Å²) in [5.41, 5.74) is 1.34. The molecule has 0 spiro atoms. The van der Waals surface area contributed by atoms with Crippen molar-refractivity contribution in [2.24, 2.45) is 0 Å². The van der Waals surface area contributed by atoms with Crippen molar-refractivity contribution in [2.75, 3.05) is 14.1 Å². The molecule has 0 aliphatic carbocycles. The molecule has 0 radical (unpaired) electrons. The van der Waals surface area contributed by atoms with Crippen LogP contribution < -0.4 is 0 Å². The summed E-state index contributed by atoms with van der Waals surface area (Å²) in [4.78, 5) is 2.05. The van der Waals surface area contributed by atoms with Crippen LogP contribution >= 0.6 is 0 Å². The molecule has 0 saturated heterocycles. The van der Waals surface area contributed by atoms with E-state index in [1.807, 2.05) is 14.1 Å². The molecule has 0 aliphatic heterocycles. The van der Waals surface area contributed by atoms with Crippen LogP contribution in [-0.2, 0) is 19.4 Å². The van der Waals surface area contributed by atoms with Crippen molar-refractivity contribution in [1.29, 1.82) is 0 Å². The molecule has 0 aliphatic rings. The maximum atomic E-state index is 2.17. The van der Waals surface area contributed by atoms with Crippen molar-refractivity contribution in [3.05, 3.63) is 11.8 Å². The predicted molar refractivity (Wildman–Crippen MR) is 33.5 cm³/mol. The van der Waals surface area contributed by atoms with Crippen LogP contribution in [0.5, 0.6) is 0 Å². The Bertz CT molecular complexity index is 105. The molecular weight excluding hydrogens is 270 g/mol. The molecule has 46 valence electrons. The number of hydrogen-bond acceptors (Lipinski definition) is 1. The van der Waals surface area contributed by atoms with Crippen molar-refractivity contribution < 1.29 is 19.4 Å². The van der Waals surface area contributed by atoms with Gasteiger partial charge in [0.25, 0.3) is 0 Å². The van der Waals surface area contributed by atoms with Crippen LogP contribution in [0.4, 0.5) is 0 Å². The van der Waals surface area contributed by atoms with E-state index in [9.17, 15) is 0 Å². The first kappa shape index (κ1) is 8.10. The molecule has 0 N–H and O–H groups in total. The van der Waals surface area contributed by atoms with Crippen molar-refractivity contribution in [1.82, 2.24) is 4.90 Å². The van der Waals surface area contributed by atoms with E-state index >= 15 is 0 Å². The van der Waals surface area contributed by atoms with Gasteiger partial charge in [-0.1, -0.05) is 0 Å². The normalized spacial score (nSPS) is 11.1. The van der Waals surface area contributed by atoms with Crippen LogP contribution in [0.15, 0.2) is 11.8 Å². The van der Waals surface area contributed by atoms with Gasteiger partial charge in [-0.05, 0) is 0 Å². The first-order valence-electron chi connectivity index (χ1n) is 2.47. The van der Waals surface area contributed by atoms with Gasteiger partial charge in [-0.2, -0.15) is 0 Å². The van der Waals surface area contributed by atoms with Gasteiger partial charge in [-0.15, -0.1) is 0 Å². The van der Waals surface area contributed by atoms with Gasteiger partial charge in [0.1, 0.15) is 0 Å². The molecule has 0 aromatic carbocycles. The van der Waals surface area contributed by atoms with Crippen LogP contribution in [0, 0.1) is 0 Å². The van der Waals surface area contributed by atoms with Crippen LogP contribution in [0.2, 0.25) is 0 Å². The average Bonchev–Trinajstić information content (AvgIpc) is 1.65. The van der Waals surface area contributed by atoms with E-state index in [4.69, 9.17) is 0 Å². The van der Waals surface area contributed by atoms with Gasteiger partial charge >= 0.3 is 61.4 Å². The molecule has 2 heteroatoms. The van der Waals surface area contributed by atoms with E-state index in [2.05, 4.69) is 22.4 Å². The molecule has 1 nitrogen and oxygen atoms in total. The van der Waals surface area contributed by atoms with E-state index in [1.54, 1.807) is 0 Å². The van der Waals surface area contributed by atoms with Gasteiger partial charge in [0.05, 0.1) is 0 Å². The summed E-state index contributed by atoms with van der Waals surface area (Å²) >= 11 is 1.51. The molecule has 0 heterocycles. The van der Waals surface area contributed by atoms with E-state index in [0.29, 0.717) is 0 Å². The van der Waals surface area contributed by atoms with Gasteiger partial charge in [-0.25, -0.2) is 0 Å². The van der Waals surface area contributed by atoms with Crippen molar-refractivity contribution in [3.63, 3.8) is 0 Å². The zero-order valence-electron chi connectivity index (χ0n) is 5.51. The van der Waals surface area contributed by atoms with Crippen molar-refractivity contribution >= 4 is 4.40 Å². The van der Waals surface area contributed by atoms with Gasteiger partial charge < -0.3 is 0 Å². The molecule has 0 saturated carbocycles. The Morgan fingerprint density at radius 1 is 1.50 bits per heavy atom. The molecule has 0 aromatic rings. The van der Waals surface area contributed by atoms with Gasteiger partial charge in [0.2, 0.25) is 0 Å². The van der Waals surface area contributed by atoms with Gasteiger partial charge in [-0.3, -0.25) is 0 Å². The summed E-state index contributed by atoms with van der Waals surface area (Å²) in [5.74, 6) is 0. The Labute approximate surface area is 61.8 Å². The molecule has 0 fully saturated rings.